The van der Waals surface area contributed by atoms with Gasteiger partial charge in [-0.05, 0) is 30.0 Å². The molecule has 28 heavy (non-hydrogen) atoms. The molecule has 9 nitrogen and oxygen atoms in total. The summed E-state index contributed by atoms with van der Waals surface area (Å²) in [5.74, 6) is 1.48. The number of para-hydroxylation sites is 1. The van der Waals surface area contributed by atoms with E-state index < -0.39 is 0 Å². The summed E-state index contributed by atoms with van der Waals surface area (Å²) in [6, 6.07) is 8.26. The van der Waals surface area contributed by atoms with Crippen molar-refractivity contribution in [3.8, 4) is 0 Å². The number of aliphatic imine (C=N–C) groups is 1. The van der Waals surface area contributed by atoms with Crippen LogP contribution in [0.25, 0.3) is 0 Å². The van der Waals surface area contributed by atoms with Crippen molar-refractivity contribution < 1.29 is 4.74 Å². The predicted molar refractivity (Wildman–Crippen MR) is 103 cm³/mol. The maximum absolute atomic E-state index is 6.32. The SMILES string of the molecule is COC(c1cn(N2C=NC3c4ccccc4N4CN(Cl)C=C4N32)nn1)C1CC1. The van der Waals surface area contributed by atoms with Gasteiger partial charge in [-0.1, -0.05) is 18.2 Å². The second-order valence-corrected chi connectivity index (χ2v) is 7.81. The maximum Gasteiger partial charge on any atom is 0.173 e. The average Bonchev–Trinajstić information content (AvgIpc) is 3.11. The first-order valence-corrected chi connectivity index (χ1v) is 9.66. The fourth-order valence-electron chi connectivity index (χ4n) is 4.18. The minimum Gasteiger partial charge on any atom is -0.375 e. The van der Waals surface area contributed by atoms with Gasteiger partial charge in [0.1, 0.15) is 24.8 Å². The van der Waals surface area contributed by atoms with Crippen LogP contribution in [0.2, 0.25) is 0 Å². The number of hydrogen-bond acceptors (Lipinski definition) is 8. The van der Waals surface area contributed by atoms with Crippen LogP contribution in [0, 0.1) is 5.92 Å². The minimum absolute atomic E-state index is 0.00769. The van der Waals surface area contributed by atoms with Gasteiger partial charge < -0.3 is 9.64 Å². The van der Waals surface area contributed by atoms with Crippen molar-refractivity contribution in [1.29, 1.82) is 0 Å². The molecule has 6 rings (SSSR count). The molecule has 1 fully saturated rings. The molecule has 1 aromatic carbocycles. The Bertz CT molecular complexity index is 985. The lowest BCUT2D eigenvalue weighted by Gasteiger charge is -2.41. The molecule has 2 atom stereocenters. The molecule has 0 radical (unpaired) electrons. The molecule has 1 saturated carbocycles. The molecule has 10 heteroatoms. The molecule has 2 aromatic rings. The van der Waals surface area contributed by atoms with Crippen LogP contribution in [0.3, 0.4) is 0 Å². The van der Waals surface area contributed by atoms with Crippen molar-refractivity contribution in [2.75, 3.05) is 23.8 Å². The molecule has 0 saturated heterocycles. The first kappa shape index (κ1) is 16.2. The monoisotopic (exact) mass is 398 g/mol. The molecule has 0 bridgehead atoms. The number of anilines is 1. The zero-order chi connectivity index (χ0) is 18.8. The summed E-state index contributed by atoms with van der Waals surface area (Å²) in [5, 5.41) is 12.6. The summed E-state index contributed by atoms with van der Waals surface area (Å²) in [6.07, 6.45) is 7.78. The van der Waals surface area contributed by atoms with Crippen LogP contribution in [-0.2, 0) is 4.74 Å². The second kappa shape index (κ2) is 5.86. The molecule has 0 N–H and O–H groups in total. The van der Waals surface area contributed by atoms with Crippen LogP contribution in [0.1, 0.15) is 36.4 Å². The second-order valence-electron chi connectivity index (χ2n) is 7.38. The van der Waals surface area contributed by atoms with Crippen LogP contribution in [-0.4, -0.2) is 44.6 Å². The van der Waals surface area contributed by atoms with Crippen molar-refractivity contribution in [3.63, 3.8) is 0 Å². The molecule has 4 aliphatic rings. The van der Waals surface area contributed by atoms with E-state index in [-0.39, 0.29) is 12.3 Å². The van der Waals surface area contributed by atoms with E-state index in [0.29, 0.717) is 12.6 Å². The minimum atomic E-state index is -0.170. The number of hydrazine groups is 1. The number of hydrogen-bond donors (Lipinski definition) is 0. The van der Waals surface area contributed by atoms with E-state index in [4.69, 9.17) is 21.5 Å². The van der Waals surface area contributed by atoms with E-state index in [1.165, 1.54) is 12.8 Å². The van der Waals surface area contributed by atoms with E-state index >= 15 is 0 Å². The Morgan fingerprint density at radius 2 is 2.11 bits per heavy atom. The Labute approximate surface area is 167 Å². The zero-order valence-corrected chi connectivity index (χ0v) is 16.0. The lowest BCUT2D eigenvalue weighted by Crippen LogP contribution is -2.51. The van der Waals surface area contributed by atoms with Gasteiger partial charge in [0.2, 0.25) is 0 Å². The molecule has 2 unspecified atom stereocenters. The Morgan fingerprint density at radius 1 is 1.25 bits per heavy atom. The van der Waals surface area contributed by atoms with E-state index in [2.05, 4.69) is 32.4 Å². The molecule has 0 spiro atoms. The van der Waals surface area contributed by atoms with Crippen LogP contribution >= 0.6 is 11.8 Å². The van der Waals surface area contributed by atoms with Crippen molar-refractivity contribution in [2.24, 2.45) is 10.9 Å². The Morgan fingerprint density at radius 3 is 2.93 bits per heavy atom. The third kappa shape index (κ3) is 2.26. The highest BCUT2D eigenvalue weighted by Gasteiger charge is 2.44. The van der Waals surface area contributed by atoms with Gasteiger partial charge in [-0.3, -0.25) is 4.42 Å². The van der Waals surface area contributed by atoms with E-state index in [1.807, 2.05) is 29.6 Å². The van der Waals surface area contributed by atoms with Gasteiger partial charge in [0.25, 0.3) is 0 Å². The molecular formula is C18H19ClN8O. The van der Waals surface area contributed by atoms with Gasteiger partial charge in [0.15, 0.2) is 12.0 Å². The third-order valence-electron chi connectivity index (χ3n) is 5.62. The summed E-state index contributed by atoms with van der Waals surface area (Å²) in [7, 11) is 1.73. The molecule has 144 valence electrons. The van der Waals surface area contributed by atoms with E-state index in [0.717, 1.165) is 22.8 Å². The van der Waals surface area contributed by atoms with Crippen LogP contribution < -0.4 is 10.0 Å². The smallest absolute Gasteiger partial charge is 0.173 e. The molecule has 0 amide bonds. The highest BCUT2D eigenvalue weighted by atomic mass is 35.5. The maximum atomic E-state index is 6.32. The average molecular weight is 399 g/mol. The van der Waals surface area contributed by atoms with E-state index in [9.17, 15) is 0 Å². The number of ether oxygens (including phenoxy) is 1. The number of fused-ring (bicyclic) bond motifs is 6. The molecule has 1 aliphatic carbocycles. The molecular weight excluding hydrogens is 380 g/mol. The summed E-state index contributed by atoms with van der Waals surface area (Å²) in [4.78, 5) is 8.61. The first-order chi connectivity index (χ1) is 13.7. The molecule has 4 heterocycles. The number of halogens is 1. The van der Waals surface area contributed by atoms with Crippen LogP contribution in [0.4, 0.5) is 5.69 Å². The number of nitrogens with zero attached hydrogens (tertiary/aromatic N) is 8. The normalized spacial score (nSPS) is 23.6. The topological polar surface area (TPSA) is 65.3 Å². The highest BCUT2D eigenvalue weighted by molar-refractivity contribution is 6.14. The summed E-state index contributed by atoms with van der Waals surface area (Å²) in [5.41, 5.74) is 3.08. The van der Waals surface area contributed by atoms with Gasteiger partial charge in [-0.2, -0.15) is 5.12 Å². The standard InChI is InChI=1S/C18H19ClN8O/c1-28-17(12-6-7-12)14-8-25(22-21-14)26-10-20-18-13-4-2-3-5-15(13)24-11-23(19)9-16(24)27(18)26/h2-5,8-10,12,17-18H,6-7,11H2,1H3. The summed E-state index contributed by atoms with van der Waals surface area (Å²) < 4.78 is 7.29. The van der Waals surface area contributed by atoms with Gasteiger partial charge in [0.05, 0.1) is 18.1 Å². The number of benzene rings is 1. The highest BCUT2D eigenvalue weighted by Crippen LogP contribution is 2.46. The molecule has 1 aromatic heterocycles. The predicted octanol–water partition coefficient (Wildman–Crippen LogP) is 2.32. The fraction of sp³-hybridized carbons (Fsp3) is 0.389. The van der Waals surface area contributed by atoms with Crippen molar-refractivity contribution >= 4 is 23.8 Å². The Kier molecular flexibility index (Phi) is 3.39. The van der Waals surface area contributed by atoms with Crippen molar-refractivity contribution in [2.45, 2.75) is 25.1 Å². The Hall–Kier alpha value is -2.78. The lowest BCUT2D eigenvalue weighted by molar-refractivity contribution is 0.0809. The largest absolute Gasteiger partial charge is 0.375 e. The van der Waals surface area contributed by atoms with Gasteiger partial charge in [-0.25, -0.2) is 10.0 Å². The van der Waals surface area contributed by atoms with Crippen LogP contribution in [0.5, 0.6) is 0 Å². The number of methoxy groups -OCH3 is 1. The molecule has 3 aliphatic heterocycles. The zero-order valence-electron chi connectivity index (χ0n) is 15.3. The number of rotatable bonds is 4. The third-order valence-corrected chi connectivity index (χ3v) is 5.82. The number of aromatic nitrogens is 3. The summed E-state index contributed by atoms with van der Waals surface area (Å²) in [6.45, 7) is 0.570. The van der Waals surface area contributed by atoms with Crippen LogP contribution in [0.15, 0.2) is 47.5 Å². The van der Waals surface area contributed by atoms with Gasteiger partial charge >= 0.3 is 0 Å². The first-order valence-electron chi connectivity index (χ1n) is 9.32. The van der Waals surface area contributed by atoms with Crippen molar-refractivity contribution in [1.82, 2.24) is 24.5 Å². The van der Waals surface area contributed by atoms with Crippen molar-refractivity contribution in [3.05, 3.63) is 53.7 Å². The lowest BCUT2D eigenvalue weighted by atomic mass is 10.1. The Balaban J connectivity index is 1.39. The van der Waals surface area contributed by atoms with E-state index in [1.54, 1.807) is 22.7 Å². The summed E-state index contributed by atoms with van der Waals surface area (Å²) >= 11 is 6.32. The van der Waals surface area contributed by atoms with Gasteiger partial charge in [-0.15, -0.1) is 9.89 Å². The quantitative estimate of drug-likeness (QED) is 0.732. The van der Waals surface area contributed by atoms with Gasteiger partial charge in [0, 0.05) is 24.4 Å². The fourth-order valence-corrected chi connectivity index (χ4v) is 4.37.